The van der Waals surface area contributed by atoms with E-state index < -0.39 is 5.92 Å². The van der Waals surface area contributed by atoms with Crippen LogP contribution < -0.4 is 10.2 Å². The summed E-state index contributed by atoms with van der Waals surface area (Å²) in [5.74, 6) is 4.75. The van der Waals surface area contributed by atoms with Crippen LogP contribution in [0.15, 0.2) is 54.6 Å². The summed E-state index contributed by atoms with van der Waals surface area (Å²) in [5, 5.41) is 3.34. The molecule has 1 aliphatic heterocycles. The highest BCUT2D eigenvalue weighted by atomic mass is 35.5. The molecule has 1 fully saturated rings. The molecule has 2 amide bonds. The minimum Gasteiger partial charge on any atom is -0.344 e. The summed E-state index contributed by atoms with van der Waals surface area (Å²) in [5.41, 5.74) is 1.65. The zero-order chi connectivity index (χ0) is 17.6. The first-order chi connectivity index (χ1) is 12.1. The van der Waals surface area contributed by atoms with E-state index in [0.717, 1.165) is 11.3 Å². The van der Waals surface area contributed by atoms with E-state index in [1.807, 2.05) is 30.3 Å². The number of benzene rings is 2. The molecule has 0 aromatic heterocycles. The maximum atomic E-state index is 12.5. The van der Waals surface area contributed by atoms with Gasteiger partial charge >= 0.3 is 0 Å². The highest BCUT2D eigenvalue weighted by Gasteiger charge is 2.37. The Morgan fingerprint density at radius 1 is 1.16 bits per heavy atom. The second-order valence-corrected chi connectivity index (χ2v) is 6.13. The van der Waals surface area contributed by atoms with Gasteiger partial charge < -0.3 is 10.2 Å². The van der Waals surface area contributed by atoms with Gasteiger partial charge in [-0.2, -0.15) is 0 Å². The van der Waals surface area contributed by atoms with Crippen LogP contribution in [0.1, 0.15) is 12.0 Å². The van der Waals surface area contributed by atoms with Crippen molar-refractivity contribution < 1.29 is 9.59 Å². The van der Waals surface area contributed by atoms with Crippen LogP contribution in [-0.4, -0.2) is 24.9 Å². The van der Waals surface area contributed by atoms with Crippen LogP contribution in [0.2, 0.25) is 5.02 Å². The Bertz CT molecular complexity index is 822. The molecule has 1 N–H and O–H groups in total. The van der Waals surface area contributed by atoms with Gasteiger partial charge in [0.05, 0.1) is 6.54 Å². The summed E-state index contributed by atoms with van der Waals surface area (Å²) in [7, 11) is 0. The Morgan fingerprint density at radius 2 is 1.88 bits per heavy atom. The smallest absolute Gasteiger partial charge is 0.239 e. The number of nitrogens with zero attached hydrogens (tertiary/aromatic N) is 1. The quantitative estimate of drug-likeness (QED) is 0.682. The summed E-state index contributed by atoms with van der Waals surface area (Å²) < 4.78 is 0. The Balaban J connectivity index is 1.56. The molecule has 0 spiro atoms. The third kappa shape index (κ3) is 4.20. The second kappa shape index (κ2) is 7.87. The van der Waals surface area contributed by atoms with Crippen LogP contribution in [0.25, 0.3) is 0 Å². The van der Waals surface area contributed by atoms with E-state index in [1.165, 1.54) is 0 Å². The molecule has 0 radical (unpaired) electrons. The summed E-state index contributed by atoms with van der Waals surface area (Å²) in [6, 6.07) is 16.6. The molecular weight excluding hydrogens is 336 g/mol. The Kier molecular flexibility index (Phi) is 5.37. The largest absolute Gasteiger partial charge is 0.344 e. The van der Waals surface area contributed by atoms with Gasteiger partial charge in [0.15, 0.2) is 0 Å². The van der Waals surface area contributed by atoms with Crippen LogP contribution in [0.4, 0.5) is 5.69 Å². The summed E-state index contributed by atoms with van der Waals surface area (Å²) in [6.07, 6.45) is 0.499. The maximum Gasteiger partial charge on any atom is 0.239 e. The molecule has 1 unspecified atom stereocenters. The average Bonchev–Trinajstić information content (AvgIpc) is 3.02. The Morgan fingerprint density at radius 3 is 2.60 bits per heavy atom. The maximum absolute atomic E-state index is 12.5. The fraction of sp³-hybridized carbons (Fsp3) is 0.200. The molecular formula is C20H17ClN2O2. The first-order valence-electron chi connectivity index (χ1n) is 8.04. The minimum absolute atomic E-state index is 0.184. The molecule has 0 bridgehead atoms. The normalized spacial score (nSPS) is 16.3. The summed E-state index contributed by atoms with van der Waals surface area (Å²) in [6.45, 7) is 0.743. The number of amides is 2. The summed E-state index contributed by atoms with van der Waals surface area (Å²) in [4.78, 5) is 26.4. The zero-order valence-corrected chi connectivity index (χ0v) is 14.3. The number of anilines is 1. The predicted molar refractivity (Wildman–Crippen MR) is 98.2 cm³/mol. The Hall–Kier alpha value is -2.77. The van der Waals surface area contributed by atoms with Crippen LogP contribution in [0.5, 0.6) is 0 Å². The SMILES string of the molecule is O=C(NCC#Cc1ccccc1)C1CCN(c2ccc(Cl)cc2)C1=O. The third-order valence-electron chi connectivity index (χ3n) is 4.02. The molecule has 126 valence electrons. The number of carbonyl (C=O) groups excluding carboxylic acids is 2. The van der Waals surface area contributed by atoms with Gasteiger partial charge in [0.25, 0.3) is 0 Å². The van der Waals surface area contributed by atoms with Crippen molar-refractivity contribution in [2.45, 2.75) is 6.42 Å². The molecule has 1 saturated heterocycles. The van der Waals surface area contributed by atoms with Crippen molar-refractivity contribution in [3.63, 3.8) is 0 Å². The van der Waals surface area contributed by atoms with E-state index in [1.54, 1.807) is 29.2 Å². The fourth-order valence-corrected chi connectivity index (χ4v) is 2.85. The Labute approximate surface area is 151 Å². The van der Waals surface area contributed by atoms with E-state index in [-0.39, 0.29) is 18.4 Å². The number of hydrogen-bond acceptors (Lipinski definition) is 2. The molecule has 25 heavy (non-hydrogen) atoms. The van der Waals surface area contributed by atoms with Gasteiger partial charge in [0, 0.05) is 22.8 Å². The van der Waals surface area contributed by atoms with Gasteiger partial charge in [-0.1, -0.05) is 41.6 Å². The lowest BCUT2D eigenvalue weighted by Crippen LogP contribution is -2.37. The first-order valence-corrected chi connectivity index (χ1v) is 8.41. The van der Waals surface area contributed by atoms with Crippen molar-refractivity contribution in [3.05, 3.63) is 65.2 Å². The monoisotopic (exact) mass is 352 g/mol. The van der Waals surface area contributed by atoms with Crippen molar-refractivity contribution in [1.82, 2.24) is 5.32 Å². The van der Waals surface area contributed by atoms with Gasteiger partial charge in [-0.25, -0.2) is 0 Å². The van der Waals surface area contributed by atoms with Crippen molar-refractivity contribution in [2.75, 3.05) is 18.0 Å². The predicted octanol–water partition coefficient (Wildman–Crippen LogP) is 2.86. The molecule has 0 aliphatic carbocycles. The molecule has 1 heterocycles. The van der Waals surface area contributed by atoms with Crippen molar-refractivity contribution in [2.24, 2.45) is 5.92 Å². The number of nitrogens with one attached hydrogen (secondary N) is 1. The van der Waals surface area contributed by atoms with Crippen LogP contribution >= 0.6 is 11.6 Å². The van der Waals surface area contributed by atoms with Crippen molar-refractivity contribution in [3.8, 4) is 11.8 Å². The highest BCUT2D eigenvalue weighted by Crippen LogP contribution is 2.26. The molecule has 1 atom stereocenters. The lowest BCUT2D eigenvalue weighted by Gasteiger charge is -2.16. The fourth-order valence-electron chi connectivity index (χ4n) is 2.72. The number of halogens is 1. The van der Waals surface area contributed by atoms with Gasteiger partial charge in [-0.15, -0.1) is 0 Å². The summed E-state index contributed by atoms with van der Waals surface area (Å²) >= 11 is 5.87. The average molecular weight is 353 g/mol. The van der Waals surface area contributed by atoms with Crippen LogP contribution in [0.3, 0.4) is 0 Å². The van der Waals surface area contributed by atoms with E-state index in [2.05, 4.69) is 17.2 Å². The second-order valence-electron chi connectivity index (χ2n) is 5.69. The number of carbonyl (C=O) groups is 2. The van der Waals surface area contributed by atoms with Crippen LogP contribution in [0, 0.1) is 17.8 Å². The molecule has 2 aromatic rings. The van der Waals surface area contributed by atoms with Crippen LogP contribution in [-0.2, 0) is 9.59 Å². The molecule has 1 aliphatic rings. The first kappa shape index (κ1) is 17.1. The lowest BCUT2D eigenvalue weighted by molar-refractivity contribution is -0.131. The molecule has 4 nitrogen and oxygen atoms in total. The van der Waals surface area contributed by atoms with E-state index in [0.29, 0.717) is 18.0 Å². The van der Waals surface area contributed by atoms with E-state index in [4.69, 9.17) is 11.6 Å². The van der Waals surface area contributed by atoms with Gasteiger partial charge in [0.1, 0.15) is 5.92 Å². The van der Waals surface area contributed by atoms with E-state index >= 15 is 0 Å². The highest BCUT2D eigenvalue weighted by molar-refractivity contribution is 6.30. The number of rotatable bonds is 3. The topological polar surface area (TPSA) is 49.4 Å². The third-order valence-corrected chi connectivity index (χ3v) is 4.27. The molecule has 2 aromatic carbocycles. The van der Waals surface area contributed by atoms with Gasteiger partial charge in [-0.3, -0.25) is 9.59 Å². The molecule has 3 rings (SSSR count). The van der Waals surface area contributed by atoms with Gasteiger partial charge in [0.2, 0.25) is 11.8 Å². The standard InChI is InChI=1S/C20H17ClN2O2/c21-16-8-10-17(11-9-16)23-14-12-18(20(23)25)19(24)22-13-4-7-15-5-2-1-3-6-15/h1-3,5-6,8-11,18H,12-14H2,(H,22,24). The lowest BCUT2D eigenvalue weighted by atomic mass is 10.1. The van der Waals surface area contributed by atoms with Crippen molar-refractivity contribution in [1.29, 1.82) is 0 Å². The zero-order valence-electron chi connectivity index (χ0n) is 13.5. The van der Waals surface area contributed by atoms with Crippen molar-refractivity contribution >= 4 is 29.1 Å². The molecule has 5 heteroatoms. The molecule has 0 saturated carbocycles. The van der Waals surface area contributed by atoms with Gasteiger partial charge in [-0.05, 0) is 42.8 Å². The number of hydrogen-bond donors (Lipinski definition) is 1. The van der Waals surface area contributed by atoms with E-state index in [9.17, 15) is 9.59 Å². The minimum atomic E-state index is -0.658.